The molecule has 0 radical (unpaired) electrons. The summed E-state index contributed by atoms with van der Waals surface area (Å²) in [7, 11) is 0. The first-order valence-electron chi connectivity index (χ1n) is 6.49. The van der Waals surface area contributed by atoms with Crippen molar-refractivity contribution < 1.29 is 4.79 Å². The highest BCUT2D eigenvalue weighted by molar-refractivity contribution is 7.99. The lowest BCUT2D eigenvalue weighted by Crippen LogP contribution is -2.03. The second-order valence-corrected chi connectivity index (χ2v) is 5.69. The van der Waals surface area contributed by atoms with E-state index in [0.717, 1.165) is 28.3 Å². The van der Waals surface area contributed by atoms with Crippen LogP contribution in [0.1, 0.15) is 30.1 Å². The Morgan fingerprint density at radius 3 is 2.74 bits per heavy atom. The number of carbonyl (C=O) groups is 1. The van der Waals surface area contributed by atoms with Gasteiger partial charge < -0.3 is 5.32 Å². The van der Waals surface area contributed by atoms with Crippen molar-refractivity contribution >= 4 is 28.9 Å². The van der Waals surface area contributed by atoms with E-state index in [1.165, 1.54) is 4.90 Å². The number of carbonyl (C=O) groups excluding carboxylic acids is 1. The summed E-state index contributed by atoms with van der Waals surface area (Å²) in [6, 6.07) is 14.1. The zero-order valence-corrected chi connectivity index (χ0v) is 11.6. The number of hydrogen-bond acceptors (Lipinski definition) is 3. The van der Waals surface area contributed by atoms with Gasteiger partial charge in [0.2, 0.25) is 0 Å². The molecule has 0 bridgehead atoms. The van der Waals surface area contributed by atoms with Gasteiger partial charge in [0.1, 0.15) is 0 Å². The first-order valence-corrected chi connectivity index (χ1v) is 7.30. The van der Waals surface area contributed by atoms with Gasteiger partial charge in [0.05, 0.1) is 11.4 Å². The molecule has 0 aliphatic carbocycles. The van der Waals surface area contributed by atoms with Gasteiger partial charge in [0, 0.05) is 21.8 Å². The van der Waals surface area contributed by atoms with Gasteiger partial charge in [0.15, 0.2) is 5.78 Å². The maximum Gasteiger partial charge on any atom is 0.162 e. The molecule has 0 fully saturated rings. The molecule has 0 amide bonds. The third kappa shape index (κ3) is 2.38. The third-order valence-corrected chi connectivity index (χ3v) is 4.29. The number of ketones is 1. The van der Waals surface area contributed by atoms with Crippen molar-refractivity contribution in [1.82, 2.24) is 0 Å². The molecule has 1 N–H and O–H groups in total. The Kier molecular flexibility index (Phi) is 3.30. The standard InChI is InChI=1S/C16H15NOS/c1-2-5-14(18)11-8-9-13-16(10-11)19-15-7-4-3-6-12(15)17-13/h3-4,6-10,17H,2,5H2,1H3. The molecule has 0 saturated heterocycles. The smallest absolute Gasteiger partial charge is 0.162 e. The molecule has 0 aromatic heterocycles. The Morgan fingerprint density at radius 1 is 1.11 bits per heavy atom. The summed E-state index contributed by atoms with van der Waals surface area (Å²) in [5.74, 6) is 0.227. The molecule has 0 spiro atoms. The lowest BCUT2D eigenvalue weighted by molar-refractivity contribution is 0.0981. The van der Waals surface area contributed by atoms with Crippen molar-refractivity contribution in [3.05, 3.63) is 48.0 Å². The average Bonchev–Trinajstić information content (AvgIpc) is 2.44. The number of rotatable bonds is 3. The number of fused-ring (bicyclic) bond motifs is 2. The predicted molar refractivity (Wildman–Crippen MR) is 79.5 cm³/mol. The molecule has 0 atom stereocenters. The summed E-state index contributed by atoms with van der Waals surface area (Å²) in [4.78, 5) is 14.3. The molecule has 2 nitrogen and oxygen atoms in total. The van der Waals surface area contributed by atoms with Gasteiger partial charge in [0.25, 0.3) is 0 Å². The van der Waals surface area contributed by atoms with Crippen molar-refractivity contribution in [2.45, 2.75) is 29.6 Å². The minimum Gasteiger partial charge on any atom is -0.354 e. The van der Waals surface area contributed by atoms with Gasteiger partial charge in [-0.25, -0.2) is 0 Å². The number of benzene rings is 2. The van der Waals surface area contributed by atoms with E-state index in [9.17, 15) is 4.79 Å². The molecule has 3 heteroatoms. The fourth-order valence-electron chi connectivity index (χ4n) is 2.18. The third-order valence-electron chi connectivity index (χ3n) is 3.16. The van der Waals surface area contributed by atoms with Crippen molar-refractivity contribution in [2.24, 2.45) is 0 Å². The highest BCUT2D eigenvalue weighted by Crippen LogP contribution is 2.44. The lowest BCUT2D eigenvalue weighted by Gasteiger charge is -2.21. The molecule has 1 aliphatic heterocycles. The normalized spacial score (nSPS) is 12.3. The van der Waals surface area contributed by atoms with Crippen molar-refractivity contribution in [3.8, 4) is 0 Å². The van der Waals surface area contributed by atoms with Gasteiger partial charge >= 0.3 is 0 Å². The first-order chi connectivity index (χ1) is 9.28. The van der Waals surface area contributed by atoms with Gasteiger partial charge in [-0.15, -0.1) is 0 Å². The van der Waals surface area contributed by atoms with Crippen LogP contribution in [0.2, 0.25) is 0 Å². The van der Waals surface area contributed by atoms with Crippen LogP contribution in [-0.2, 0) is 0 Å². The summed E-state index contributed by atoms with van der Waals surface area (Å²) in [6.07, 6.45) is 1.51. The minimum atomic E-state index is 0.227. The topological polar surface area (TPSA) is 29.1 Å². The average molecular weight is 269 g/mol. The van der Waals surface area contributed by atoms with Crippen LogP contribution in [0.5, 0.6) is 0 Å². The van der Waals surface area contributed by atoms with Crippen LogP contribution in [0.3, 0.4) is 0 Å². The predicted octanol–water partition coefficient (Wildman–Crippen LogP) is 4.88. The highest BCUT2D eigenvalue weighted by Gasteiger charge is 2.16. The summed E-state index contributed by atoms with van der Waals surface area (Å²) in [6.45, 7) is 2.03. The molecule has 19 heavy (non-hydrogen) atoms. The molecule has 2 aromatic rings. The summed E-state index contributed by atoms with van der Waals surface area (Å²) < 4.78 is 0. The zero-order chi connectivity index (χ0) is 13.2. The van der Waals surface area contributed by atoms with Crippen LogP contribution in [0, 0.1) is 0 Å². The fourth-order valence-corrected chi connectivity index (χ4v) is 3.20. The Balaban J connectivity index is 1.94. The van der Waals surface area contributed by atoms with Gasteiger partial charge in [-0.3, -0.25) is 4.79 Å². The van der Waals surface area contributed by atoms with E-state index >= 15 is 0 Å². The van der Waals surface area contributed by atoms with E-state index in [2.05, 4.69) is 17.4 Å². The van der Waals surface area contributed by atoms with E-state index < -0.39 is 0 Å². The second-order valence-electron chi connectivity index (χ2n) is 4.61. The Morgan fingerprint density at radius 2 is 1.89 bits per heavy atom. The molecule has 3 rings (SSSR count). The van der Waals surface area contributed by atoms with E-state index in [1.54, 1.807) is 11.8 Å². The summed E-state index contributed by atoms with van der Waals surface area (Å²) in [5.41, 5.74) is 3.03. The SMILES string of the molecule is CCCC(=O)c1ccc2c(c1)Sc1ccccc1N2. The summed E-state index contributed by atoms with van der Waals surface area (Å²) in [5, 5.41) is 3.41. The number of Topliss-reactive ketones (excluding diaryl/α,β-unsaturated/α-hetero) is 1. The summed E-state index contributed by atoms with van der Waals surface area (Å²) >= 11 is 1.72. The van der Waals surface area contributed by atoms with Crippen LogP contribution in [0.4, 0.5) is 11.4 Å². The number of nitrogens with one attached hydrogen (secondary N) is 1. The molecule has 1 aliphatic rings. The van der Waals surface area contributed by atoms with Crippen LogP contribution < -0.4 is 5.32 Å². The zero-order valence-electron chi connectivity index (χ0n) is 10.8. The van der Waals surface area contributed by atoms with Gasteiger partial charge in [-0.1, -0.05) is 30.8 Å². The molecule has 96 valence electrons. The maximum absolute atomic E-state index is 11.9. The maximum atomic E-state index is 11.9. The quantitative estimate of drug-likeness (QED) is 0.687. The van der Waals surface area contributed by atoms with E-state index in [4.69, 9.17) is 0 Å². The van der Waals surface area contributed by atoms with Gasteiger partial charge in [-0.05, 0) is 36.8 Å². The second kappa shape index (κ2) is 5.10. The van der Waals surface area contributed by atoms with Crippen LogP contribution in [0.25, 0.3) is 0 Å². The van der Waals surface area contributed by atoms with Crippen LogP contribution in [0.15, 0.2) is 52.3 Å². The Hall–Kier alpha value is -1.74. The Labute approximate surface area is 117 Å². The monoisotopic (exact) mass is 269 g/mol. The van der Waals surface area contributed by atoms with E-state index in [1.807, 2.05) is 37.3 Å². The molecule has 0 unspecified atom stereocenters. The van der Waals surface area contributed by atoms with Crippen LogP contribution >= 0.6 is 11.8 Å². The lowest BCUT2D eigenvalue weighted by atomic mass is 10.1. The number of para-hydroxylation sites is 1. The van der Waals surface area contributed by atoms with Crippen molar-refractivity contribution in [2.75, 3.05) is 5.32 Å². The van der Waals surface area contributed by atoms with E-state index in [0.29, 0.717) is 6.42 Å². The number of anilines is 2. The minimum absolute atomic E-state index is 0.227. The molecule has 2 aromatic carbocycles. The van der Waals surface area contributed by atoms with Crippen LogP contribution in [-0.4, -0.2) is 5.78 Å². The molecular weight excluding hydrogens is 254 g/mol. The largest absolute Gasteiger partial charge is 0.354 e. The number of hydrogen-bond donors (Lipinski definition) is 1. The van der Waals surface area contributed by atoms with Crippen molar-refractivity contribution in [1.29, 1.82) is 0 Å². The first kappa shape index (κ1) is 12.3. The van der Waals surface area contributed by atoms with E-state index in [-0.39, 0.29) is 5.78 Å². The Bertz CT molecular complexity index is 636. The van der Waals surface area contributed by atoms with Crippen molar-refractivity contribution in [3.63, 3.8) is 0 Å². The highest BCUT2D eigenvalue weighted by atomic mass is 32.2. The molecular formula is C16H15NOS. The molecule has 0 saturated carbocycles. The molecule has 1 heterocycles. The fraction of sp³-hybridized carbons (Fsp3) is 0.188. The van der Waals surface area contributed by atoms with Gasteiger partial charge in [-0.2, -0.15) is 0 Å².